The molecule has 5 rings (SSSR count). The van der Waals surface area contributed by atoms with Crippen LogP contribution in [0, 0.1) is 13.8 Å². The Kier molecular flexibility index (Phi) is 6.94. The number of imidazole rings is 1. The first-order valence-corrected chi connectivity index (χ1v) is 12.5. The third kappa shape index (κ3) is 5.38. The van der Waals surface area contributed by atoms with Crippen molar-refractivity contribution in [1.29, 1.82) is 0 Å². The first-order valence-electron chi connectivity index (χ1n) is 12.5. The highest BCUT2D eigenvalue weighted by atomic mass is 16.1. The van der Waals surface area contributed by atoms with E-state index in [0.717, 1.165) is 34.5 Å². The highest BCUT2D eigenvalue weighted by molar-refractivity contribution is 5.79. The minimum atomic E-state index is 0.0275. The fourth-order valence-corrected chi connectivity index (χ4v) is 4.64. The molecule has 1 heterocycles. The van der Waals surface area contributed by atoms with Crippen molar-refractivity contribution >= 4 is 16.9 Å². The van der Waals surface area contributed by atoms with E-state index in [1.165, 1.54) is 22.3 Å². The Morgan fingerprint density at radius 1 is 0.833 bits per heavy atom. The first kappa shape index (κ1) is 23.6. The zero-order chi connectivity index (χ0) is 24.9. The normalized spacial score (nSPS) is 11.1. The molecule has 5 aromatic rings. The van der Waals surface area contributed by atoms with Crippen molar-refractivity contribution < 1.29 is 4.79 Å². The van der Waals surface area contributed by atoms with Gasteiger partial charge < -0.3 is 9.88 Å². The summed E-state index contributed by atoms with van der Waals surface area (Å²) in [5.74, 6) is 1.02. The van der Waals surface area contributed by atoms with Crippen LogP contribution >= 0.6 is 0 Å². The molecule has 0 aliphatic rings. The average molecular weight is 474 g/mol. The molecule has 180 valence electrons. The zero-order valence-electron chi connectivity index (χ0n) is 20.9. The van der Waals surface area contributed by atoms with E-state index in [9.17, 15) is 4.79 Å². The predicted octanol–water partition coefficient (Wildman–Crippen LogP) is 6.27. The van der Waals surface area contributed by atoms with E-state index < -0.39 is 0 Å². The van der Waals surface area contributed by atoms with Crippen molar-refractivity contribution in [3.05, 3.63) is 125 Å². The van der Waals surface area contributed by atoms with E-state index in [1.807, 2.05) is 36.4 Å². The van der Waals surface area contributed by atoms with Gasteiger partial charge in [0.15, 0.2) is 0 Å². The fraction of sp³-hybridized carbons (Fsp3) is 0.188. The van der Waals surface area contributed by atoms with Crippen LogP contribution in [-0.4, -0.2) is 22.0 Å². The third-order valence-corrected chi connectivity index (χ3v) is 6.66. The number of rotatable bonds is 8. The number of fused-ring (bicyclic) bond motifs is 1. The number of amides is 1. The van der Waals surface area contributed by atoms with Crippen LogP contribution in [0.4, 0.5) is 0 Å². The highest BCUT2D eigenvalue weighted by Crippen LogP contribution is 2.21. The van der Waals surface area contributed by atoms with Crippen molar-refractivity contribution in [1.82, 2.24) is 14.9 Å². The second-order valence-electron chi connectivity index (χ2n) is 9.37. The number of nitrogens with zero attached hydrogens (tertiary/aromatic N) is 2. The molecule has 0 radical (unpaired) electrons. The number of nitrogens with one attached hydrogen (secondary N) is 1. The molecule has 0 unspecified atom stereocenters. The zero-order valence-corrected chi connectivity index (χ0v) is 20.9. The molecule has 0 fully saturated rings. The van der Waals surface area contributed by atoms with Crippen molar-refractivity contribution in [2.75, 3.05) is 6.54 Å². The lowest BCUT2D eigenvalue weighted by atomic mass is 10.0. The van der Waals surface area contributed by atoms with Crippen molar-refractivity contribution in [3.8, 4) is 11.1 Å². The molecule has 0 atom stereocenters. The predicted molar refractivity (Wildman–Crippen MR) is 147 cm³/mol. The van der Waals surface area contributed by atoms with Gasteiger partial charge in [-0.1, -0.05) is 90.5 Å². The third-order valence-electron chi connectivity index (χ3n) is 6.66. The van der Waals surface area contributed by atoms with Gasteiger partial charge in [0.1, 0.15) is 5.82 Å². The standard InChI is InChI=1S/C32H31N3O/c1-23-12-13-24(2)28(20-23)22-35-30-11-7-6-10-29(30)34-31(35)18-19-33-32(36)21-25-14-16-27(17-15-25)26-8-4-3-5-9-26/h3-17,20H,18-19,21-22H2,1-2H3,(H,33,36). The summed E-state index contributed by atoms with van der Waals surface area (Å²) >= 11 is 0. The Morgan fingerprint density at radius 2 is 1.56 bits per heavy atom. The number of aryl methyl sites for hydroxylation is 2. The Hall–Kier alpha value is -4.18. The smallest absolute Gasteiger partial charge is 0.224 e. The molecule has 4 heteroatoms. The van der Waals surface area contributed by atoms with Gasteiger partial charge in [0.2, 0.25) is 5.91 Å². The van der Waals surface area contributed by atoms with E-state index in [1.54, 1.807) is 0 Å². The number of hydrogen-bond acceptors (Lipinski definition) is 2. The van der Waals surface area contributed by atoms with Crippen LogP contribution in [0.15, 0.2) is 97.1 Å². The summed E-state index contributed by atoms with van der Waals surface area (Å²) < 4.78 is 2.28. The van der Waals surface area contributed by atoms with Crippen molar-refractivity contribution in [2.45, 2.75) is 33.2 Å². The van der Waals surface area contributed by atoms with Crippen molar-refractivity contribution in [2.24, 2.45) is 0 Å². The molecule has 0 saturated heterocycles. The number of aromatic nitrogens is 2. The molecule has 0 aliphatic heterocycles. The van der Waals surface area contributed by atoms with Crippen LogP contribution in [0.5, 0.6) is 0 Å². The van der Waals surface area contributed by atoms with Gasteiger partial charge in [0.25, 0.3) is 0 Å². The van der Waals surface area contributed by atoms with Crippen molar-refractivity contribution in [3.63, 3.8) is 0 Å². The maximum atomic E-state index is 12.6. The highest BCUT2D eigenvalue weighted by Gasteiger charge is 2.13. The molecule has 0 saturated carbocycles. The Balaban J connectivity index is 1.24. The number of para-hydroxylation sites is 2. The second-order valence-corrected chi connectivity index (χ2v) is 9.37. The monoisotopic (exact) mass is 473 g/mol. The van der Waals surface area contributed by atoms with E-state index in [4.69, 9.17) is 4.98 Å². The topological polar surface area (TPSA) is 46.9 Å². The quantitative estimate of drug-likeness (QED) is 0.289. The number of hydrogen-bond donors (Lipinski definition) is 1. The molecular formula is C32H31N3O. The van der Waals surface area contributed by atoms with Gasteiger partial charge in [0, 0.05) is 19.5 Å². The molecule has 36 heavy (non-hydrogen) atoms. The maximum Gasteiger partial charge on any atom is 0.224 e. The Labute approximate surface area is 212 Å². The molecule has 4 nitrogen and oxygen atoms in total. The van der Waals surface area contributed by atoms with Gasteiger partial charge >= 0.3 is 0 Å². The lowest BCUT2D eigenvalue weighted by Crippen LogP contribution is -2.28. The molecular weight excluding hydrogens is 442 g/mol. The maximum absolute atomic E-state index is 12.6. The van der Waals surface area contributed by atoms with Gasteiger partial charge in [-0.05, 0) is 53.8 Å². The number of benzene rings is 4. The summed E-state index contributed by atoms with van der Waals surface area (Å²) in [6, 6.07) is 33.3. The lowest BCUT2D eigenvalue weighted by Gasteiger charge is -2.13. The first-order chi connectivity index (χ1) is 17.6. The summed E-state index contributed by atoms with van der Waals surface area (Å²) in [6.07, 6.45) is 1.05. The van der Waals surface area contributed by atoms with Gasteiger partial charge in [-0.2, -0.15) is 0 Å². The largest absolute Gasteiger partial charge is 0.355 e. The van der Waals surface area contributed by atoms with E-state index in [2.05, 4.69) is 84.4 Å². The van der Waals surface area contributed by atoms with Crippen LogP contribution in [0.25, 0.3) is 22.2 Å². The van der Waals surface area contributed by atoms with Gasteiger partial charge in [-0.25, -0.2) is 4.98 Å². The van der Waals surface area contributed by atoms with E-state index >= 15 is 0 Å². The summed E-state index contributed by atoms with van der Waals surface area (Å²) in [5.41, 5.74) is 9.28. The summed E-state index contributed by atoms with van der Waals surface area (Å²) in [7, 11) is 0. The van der Waals surface area contributed by atoms with Crippen LogP contribution in [0.2, 0.25) is 0 Å². The number of carbonyl (C=O) groups is 1. The summed E-state index contributed by atoms with van der Waals surface area (Å²) in [5, 5.41) is 3.09. The van der Waals surface area contributed by atoms with Gasteiger partial charge in [-0.3, -0.25) is 4.79 Å². The molecule has 1 amide bonds. The Bertz CT molecular complexity index is 1480. The van der Waals surface area contributed by atoms with E-state index in [-0.39, 0.29) is 5.91 Å². The average Bonchev–Trinajstić information content (AvgIpc) is 3.24. The van der Waals surface area contributed by atoms with Crippen LogP contribution < -0.4 is 5.32 Å². The van der Waals surface area contributed by atoms with Crippen LogP contribution in [0.1, 0.15) is 28.1 Å². The number of carbonyl (C=O) groups excluding carboxylic acids is 1. The molecule has 1 N–H and O–H groups in total. The van der Waals surface area contributed by atoms with E-state index in [0.29, 0.717) is 19.4 Å². The molecule has 0 bridgehead atoms. The fourth-order valence-electron chi connectivity index (χ4n) is 4.64. The molecule has 4 aromatic carbocycles. The van der Waals surface area contributed by atoms with Crippen LogP contribution in [0.3, 0.4) is 0 Å². The lowest BCUT2D eigenvalue weighted by molar-refractivity contribution is -0.120. The molecule has 0 spiro atoms. The Morgan fingerprint density at radius 3 is 2.36 bits per heavy atom. The minimum absolute atomic E-state index is 0.0275. The summed E-state index contributed by atoms with van der Waals surface area (Å²) in [4.78, 5) is 17.5. The SMILES string of the molecule is Cc1ccc(C)c(Cn2c(CCNC(=O)Cc3ccc(-c4ccccc4)cc3)nc3ccccc32)c1. The van der Waals surface area contributed by atoms with Gasteiger partial charge in [0.05, 0.1) is 17.5 Å². The van der Waals surface area contributed by atoms with Crippen LogP contribution in [-0.2, 0) is 24.2 Å². The molecule has 0 aliphatic carbocycles. The second kappa shape index (κ2) is 10.6. The molecule has 1 aromatic heterocycles. The minimum Gasteiger partial charge on any atom is -0.355 e. The summed E-state index contributed by atoms with van der Waals surface area (Å²) in [6.45, 7) is 5.60. The van der Waals surface area contributed by atoms with Gasteiger partial charge in [-0.15, -0.1) is 0 Å².